The van der Waals surface area contributed by atoms with Gasteiger partial charge in [-0.2, -0.15) is 0 Å². The molecule has 0 saturated heterocycles. The van der Waals surface area contributed by atoms with Gasteiger partial charge in [0.05, 0.1) is 0 Å². The van der Waals surface area contributed by atoms with E-state index in [4.69, 9.17) is 4.43 Å². The van der Waals surface area contributed by atoms with Crippen LogP contribution < -0.4 is 0 Å². The van der Waals surface area contributed by atoms with Gasteiger partial charge in [0.15, 0.2) is 0 Å². The standard InChI is InChI=1S/C6H16OSi/c1-4-5-6(2,3)7-8/h4-5H2,1-3,8H3. The molecule has 0 rings (SSSR count). The van der Waals surface area contributed by atoms with Crippen LogP contribution in [0, 0.1) is 0 Å². The average Bonchev–Trinajstić information content (AvgIpc) is 1.67. The van der Waals surface area contributed by atoms with Crippen LogP contribution in [0.1, 0.15) is 33.6 Å². The van der Waals surface area contributed by atoms with Gasteiger partial charge in [-0.25, -0.2) is 0 Å². The van der Waals surface area contributed by atoms with Gasteiger partial charge in [-0.1, -0.05) is 13.3 Å². The van der Waals surface area contributed by atoms with E-state index in [2.05, 4.69) is 20.8 Å². The van der Waals surface area contributed by atoms with Gasteiger partial charge >= 0.3 is 0 Å². The van der Waals surface area contributed by atoms with Gasteiger partial charge in [0.25, 0.3) is 0 Å². The van der Waals surface area contributed by atoms with Crippen molar-refractivity contribution in [3.8, 4) is 0 Å². The van der Waals surface area contributed by atoms with Crippen LogP contribution in [0.4, 0.5) is 0 Å². The van der Waals surface area contributed by atoms with Crippen molar-refractivity contribution < 1.29 is 4.43 Å². The second-order valence-corrected chi connectivity index (χ2v) is 3.12. The molecule has 0 heterocycles. The van der Waals surface area contributed by atoms with E-state index in [1.165, 1.54) is 12.8 Å². The van der Waals surface area contributed by atoms with Gasteiger partial charge in [-0.3, -0.25) is 0 Å². The number of rotatable bonds is 3. The van der Waals surface area contributed by atoms with Crippen molar-refractivity contribution in [2.75, 3.05) is 0 Å². The summed E-state index contributed by atoms with van der Waals surface area (Å²) in [5.41, 5.74) is 0.154. The lowest BCUT2D eigenvalue weighted by molar-refractivity contribution is 0.112. The molecule has 0 saturated carbocycles. The molecule has 1 nitrogen and oxygen atoms in total. The molecular formula is C6H16OSi. The zero-order chi connectivity index (χ0) is 6.62. The number of hydrogen-bond donors (Lipinski definition) is 0. The highest BCUT2D eigenvalue weighted by atomic mass is 28.2. The Hall–Kier alpha value is 0.177. The lowest BCUT2D eigenvalue weighted by Crippen LogP contribution is -2.22. The molecule has 0 aromatic heterocycles. The second kappa shape index (κ2) is 3.25. The molecule has 0 amide bonds. The van der Waals surface area contributed by atoms with Gasteiger partial charge < -0.3 is 4.43 Å². The first-order chi connectivity index (χ1) is 3.62. The van der Waals surface area contributed by atoms with Crippen molar-refractivity contribution in [3.05, 3.63) is 0 Å². The Balaban J connectivity index is 3.37. The Morgan fingerprint density at radius 1 is 1.50 bits per heavy atom. The van der Waals surface area contributed by atoms with Crippen LogP contribution in [0.3, 0.4) is 0 Å². The topological polar surface area (TPSA) is 9.23 Å². The van der Waals surface area contributed by atoms with E-state index in [1.54, 1.807) is 0 Å². The number of hydrogen-bond acceptors (Lipinski definition) is 1. The van der Waals surface area contributed by atoms with Crippen LogP contribution in [0.2, 0.25) is 0 Å². The van der Waals surface area contributed by atoms with Crippen LogP contribution in [-0.4, -0.2) is 16.1 Å². The average molecular weight is 132 g/mol. The molecule has 0 spiro atoms. The maximum Gasteiger partial charge on any atom is 0.146 e. The minimum Gasteiger partial charge on any atom is -0.423 e. The summed E-state index contributed by atoms with van der Waals surface area (Å²) >= 11 is 0. The summed E-state index contributed by atoms with van der Waals surface area (Å²) in [6, 6.07) is 0. The third-order valence-corrected chi connectivity index (χ3v) is 2.51. The monoisotopic (exact) mass is 132 g/mol. The minimum absolute atomic E-state index is 0.154. The Kier molecular flexibility index (Phi) is 3.32. The summed E-state index contributed by atoms with van der Waals surface area (Å²) in [4.78, 5) is 0. The maximum atomic E-state index is 5.32. The zero-order valence-electron chi connectivity index (χ0n) is 6.32. The Bertz CT molecular complexity index is 61.5. The van der Waals surface area contributed by atoms with Crippen LogP contribution in [-0.2, 0) is 4.43 Å². The lowest BCUT2D eigenvalue weighted by Gasteiger charge is -2.22. The van der Waals surface area contributed by atoms with E-state index in [0.29, 0.717) is 0 Å². The van der Waals surface area contributed by atoms with E-state index >= 15 is 0 Å². The molecule has 0 atom stereocenters. The van der Waals surface area contributed by atoms with Crippen molar-refractivity contribution in [3.63, 3.8) is 0 Å². The van der Waals surface area contributed by atoms with Crippen LogP contribution in [0.25, 0.3) is 0 Å². The Morgan fingerprint density at radius 2 is 2.00 bits per heavy atom. The third kappa shape index (κ3) is 3.21. The molecular weight excluding hydrogens is 116 g/mol. The fourth-order valence-electron chi connectivity index (χ4n) is 0.704. The molecule has 0 unspecified atom stereocenters. The normalized spacial score (nSPS) is 12.4. The smallest absolute Gasteiger partial charge is 0.146 e. The fraction of sp³-hybridized carbons (Fsp3) is 1.00. The van der Waals surface area contributed by atoms with Gasteiger partial charge in [0.1, 0.15) is 10.5 Å². The summed E-state index contributed by atoms with van der Waals surface area (Å²) in [7, 11) is 0.862. The Morgan fingerprint density at radius 3 is 2.12 bits per heavy atom. The van der Waals surface area contributed by atoms with Crippen molar-refractivity contribution in [2.24, 2.45) is 0 Å². The third-order valence-electron chi connectivity index (χ3n) is 1.40. The fourth-order valence-corrected chi connectivity index (χ4v) is 0.908. The first kappa shape index (κ1) is 8.18. The zero-order valence-corrected chi connectivity index (χ0v) is 8.32. The molecule has 0 aliphatic rings. The SMILES string of the molecule is CCCC(C)(C)O[SiH3]. The summed E-state index contributed by atoms with van der Waals surface area (Å²) in [5.74, 6) is 0. The molecule has 0 aliphatic heterocycles. The van der Waals surface area contributed by atoms with Crippen molar-refractivity contribution in [1.29, 1.82) is 0 Å². The highest BCUT2D eigenvalue weighted by molar-refractivity contribution is 5.98. The molecule has 0 fully saturated rings. The molecule has 8 heavy (non-hydrogen) atoms. The molecule has 2 heteroatoms. The van der Waals surface area contributed by atoms with Crippen molar-refractivity contribution in [1.82, 2.24) is 0 Å². The van der Waals surface area contributed by atoms with Crippen molar-refractivity contribution in [2.45, 2.75) is 39.2 Å². The molecule has 50 valence electrons. The highest BCUT2D eigenvalue weighted by Crippen LogP contribution is 2.13. The molecule has 0 bridgehead atoms. The quantitative estimate of drug-likeness (QED) is 0.518. The summed E-state index contributed by atoms with van der Waals surface area (Å²) < 4.78 is 5.32. The predicted octanol–water partition coefficient (Wildman–Crippen LogP) is 0.862. The Labute approximate surface area is 55.0 Å². The first-order valence-corrected chi connectivity index (χ1v) is 3.99. The van der Waals surface area contributed by atoms with E-state index in [0.717, 1.165) is 10.5 Å². The van der Waals surface area contributed by atoms with Gasteiger partial charge in [0, 0.05) is 5.60 Å². The summed E-state index contributed by atoms with van der Waals surface area (Å²) in [6.07, 6.45) is 2.39. The minimum atomic E-state index is 0.154. The molecule has 0 N–H and O–H groups in total. The lowest BCUT2D eigenvalue weighted by atomic mass is 10.0. The summed E-state index contributed by atoms with van der Waals surface area (Å²) in [5, 5.41) is 0. The molecule has 0 radical (unpaired) electrons. The van der Waals surface area contributed by atoms with E-state index in [9.17, 15) is 0 Å². The predicted molar refractivity (Wildman–Crippen MR) is 40.0 cm³/mol. The molecule has 0 aliphatic carbocycles. The van der Waals surface area contributed by atoms with Crippen LogP contribution >= 0.6 is 0 Å². The molecule has 0 aromatic carbocycles. The van der Waals surface area contributed by atoms with Gasteiger partial charge in [0.2, 0.25) is 0 Å². The largest absolute Gasteiger partial charge is 0.423 e. The second-order valence-electron chi connectivity index (χ2n) is 2.71. The van der Waals surface area contributed by atoms with Crippen LogP contribution in [0.5, 0.6) is 0 Å². The molecule has 0 aromatic rings. The van der Waals surface area contributed by atoms with Gasteiger partial charge in [-0.15, -0.1) is 0 Å². The highest BCUT2D eigenvalue weighted by Gasteiger charge is 2.12. The maximum absolute atomic E-state index is 5.32. The first-order valence-electron chi connectivity index (χ1n) is 3.17. The van der Waals surface area contributed by atoms with Gasteiger partial charge in [-0.05, 0) is 20.3 Å². The van der Waals surface area contributed by atoms with E-state index < -0.39 is 0 Å². The van der Waals surface area contributed by atoms with Crippen LogP contribution in [0.15, 0.2) is 0 Å². The van der Waals surface area contributed by atoms with E-state index in [-0.39, 0.29) is 5.60 Å². The summed E-state index contributed by atoms with van der Waals surface area (Å²) in [6.45, 7) is 6.47. The van der Waals surface area contributed by atoms with Crippen molar-refractivity contribution >= 4 is 10.5 Å². The van der Waals surface area contributed by atoms with E-state index in [1.807, 2.05) is 0 Å².